The average Bonchev–Trinajstić information content (AvgIpc) is 2.48. The third-order valence-corrected chi connectivity index (χ3v) is 3.88. The van der Waals surface area contributed by atoms with Gasteiger partial charge in [-0.25, -0.2) is 0 Å². The third-order valence-electron chi connectivity index (χ3n) is 3.55. The van der Waals surface area contributed by atoms with Crippen molar-refractivity contribution in [3.8, 4) is 5.75 Å². The van der Waals surface area contributed by atoms with E-state index in [1.165, 1.54) is 12.8 Å². The molecule has 0 spiro atoms. The molecule has 1 atom stereocenters. The Kier molecular flexibility index (Phi) is 5.46. The van der Waals surface area contributed by atoms with Crippen LogP contribution in [0.5, 0.6) is 5.75 Å². The van der Waals surface area contributed by atoms with E-state index in [1.54, 1.807) is 6.20 Å². The number of piperidine rings is 1. The highest BCUT2D eigenvalue weighted by Gasteiger charge is 2.14. The van der Waals surface area contributed by atoms with Crippen molar-refractivity contribution in [2.45, 2.75) is 12.8 Å². The lowest BCUT2D eigenvalue weighted by atomic mass is 10.0. The number of rotatable bonds is 3. The number of halogens is 2. The van der Waals surface area contributed by atoms with E-state index in [-0.39, 0.29) is 12.4 Å². The van der Waals surface area contributed by atoms with Crippen LogP contribution in [-0.4, -0.2) is 24.7 Å². The van der Waals surface area contributed by atoms with Gasteiger partial charge in [0.15, 0.2) is 0 Å². The van der Waals surface area contributed by atoms with Crippen LogP contribution in [0.2, 0.25) is 5.02 Å². The lowest BCUT2D eigenvalue weighted by Gasteiger charge is -2.23. The number of nitrogens with zero attached hydrogens (tertiary/aromatic N) is 1. The number of fused-ring (bicyclic) bond motifs is 1. The van der Waals surface area contributed by atoms with Crippen molar-refractivity contribution in [2.24, 2.45) is 5.92 Å². The Morgan fingerprint density at radius 1 is 1.35 bits per heavy atom. The molecule has 1 aromatic heterocycles. The van der Waals surface area contributed by atoms with E-state index in [1.807, 2.05) is 24.3 Å². The second-order valence-electron chi connectivity index (χ2n) is 4.97. The first kappa shape index (κ1) is 15.4. The minimum Gasteiger partial charge on any atom is -0.491 e. The van der Waals surface area contributed by atoms with Crippen LogP contribution in [0, 0.1) is 5.92 Å². The fourth-order valence-corrected chi connectivity index (χ4v) is 2.72. The number of ether oxygens (including phenoxy) is 1. The number of hydrogen-bond donors (Lipinski definition) is 1. The molecule has 20 heavy (non-hydrogen) atoms. The van der Waals surface area contributed by atoms with Crippen LogP contribution < -0.4 is 10.1 Å². The number of nitrogens with one attached hydrogen (secondary N) is 1. The molecular formula is C15H18Cl2N2O. The number of hydrogen-bond acceptors (Lipinski definition) is 3. The Morgan fingerprint density at radius 3 is 3.05 bits per heavy atom. The average molecular weight is 313 g/mol. The van der Waals surface area contributed by atoms with Crippen molar-refractivity contribution in [3.05, 3.63) is 35.5 Å². The Hall–Kier alpha value is -1.03. The van der Waals surface area contributed by atoms with Gasteiger partial charge in [0.1, 0.15) is 11.3 Å². The molecule has 1 aliphatic rings. The van der Waals surface area contributed by atoms with Crippen LogP contribution in [-0.2, 0) is 0 Å². The van der Waals surface area contributed by atoms with Crippen molar-refractivity contribution in [3.63, 3.8) is 0 Å². The van der Waals surface area contributed by atoms with Gasteiger partial charge in [-0.3, -0.25) is 4.98 Å². The minimum atomic E-state index is 0. The smallest absolute Gasteiger partial charge is 0.145 e. The molecule has 0 amide bonds. The zero-order valence-corrected chi connectivity index (χ0v) is 12.7. The number of aromatic nitrogens is 1. The Morgan fingerprint density at radius 2 is 2.25 bits per heavy atom. The molecule has 1 aromatic carbocycles. The normalized spacial score (nSPS) is 18.6. The zero-order valence-electron chi connectivity index (χ0n) is 11.1. The van der Waals surface area contributed by atoms with E-state index < -0.39 is 0 Å². The molecule has 1 saturated heterocycles. The van der Waals surface area contributed by atoms with Crippen LogP contribution >= 0.6 is 24.0 Å². The van der Waals surface area contributed by atoms with Crippen LogP contribution in [0.25, 0.3) is 10.9 Å². The van der Waals surface area contributed by atoms with Gasteiger partial charge in [0.05, 0.1) is 11.6 Å². The lowest BCUT2D eigenvalue weighted by molar-refractivity contribution is 0.220. The standard InChI is InChI=1S/C15H17ClN2O.ClH/c16-13-5-6-14(15-12(13)4-2-8-18-15)19-10-11-3-1-7-17-9-11;/h2,4-6,8,11,17H,1,3,7,9-10H2;1H. The molecule has 1 unspecified atom stereocenters. The highest BCUT2D eigenvalue weighted by atomic mass is 35.5. The summed E-state index contributed by atoms with van der Waals surface area (Å²) in [6.45, 7) is 2.90. The first-order valence-corrected chi connectivity index (χ1v) is 7.09. The first-order valence-electron chi connectivity index (χ1n) is 6.71. The molecule has 0 bridgehead atoms. The fraction of sp³-hybridized carbons (Fsp3) is 0.400. The minimum absolute atomic E-state index is 0. The summed E-state index contributed by atoms with van der Waals surface area (Å²) in [6, 6.07) is 7.65. The highest BCUT2D eigenvalue weighted by Crippen LogP contribution is 2.30. The van der Waals surface area contributed by atoms with Crippen LogP contribution in [0.3, 0.4) is 0 Å². The topological polar surface area (TPSA) is 34.1 Å². The molecule has 3 nitrogen and oxygen atoms in total. The van der Waals surface area contributed by atoms with Crippen LogP contribution in [0.1, 0.15) is 12.8 Å². The van der Waals surface area contributed by atoms with E-state index in [2.05, 4.69) is 10.3 Å². The number of benzene rings is 1. The molecule has 3 rings (SSSR count). The summed E-state index contributed by atoms with van der Waals surface area (Å²) in [5.41, 5.74) is 0.846. The lowest BCUT2D eigenvalue weighted by Crippen LogP contribution is -2.33. The van der Waals surface area contributed by atoms with Crippen LogP contribution in [0.15, 0.2) is 30.5 Å². The molecule has 1 N–H and O–H groups in total. The highest BCUT2D eigenvalue weighted by molar-refractivity contribution is 6.35. The van der Waals surface area contributed by atoms with E-state index in [0.29, 0.717) is 5.92 Å². The Bertz CT molecular complexity index is 571. The third kappa shape index (κ3) is 3.35. The molecule has 108 valence electrons. The van der Waals surface area contributed by atoms with Crippen molar-refractivity contribution < 1.29 is 4.74 Å². The zero-order chi connectivity index (χ0) is 13.1. The molecule has 2 aromatic rings. The van der Waals surface area contributed by atoms with Crippen molar-refractivity contribution in [2.75, 3.05) is 19.7 Å². The predicted octanol–water partition coefficient (Wildman–Crippen LogP) is 3.69. The van der Waals surface area contributed by atoms with Gasteiger partial charge < -0.3 is 10.1 Å². The first-order chi connectivity index (χ1) is 9.34. The molecule has 1 aliphatic heterocycles. The predicted molar refractivity (Wildman–Crippen MR) is 85.1 cm³/mol. The maximum Gasteiger partial charge on any atom is 0.145 e. The van der Waals surface area contributed by atoms with Gasteiger partial charge >= 0.3 is 0 Å². The monoisotopic (exact) mass is 312 g/mol. The van der Waals surface area contributed by atoms with E-state index in [9.17, 15) is 0 Å². The van der Waals surface area contributed by atoms with E-state index in [4.69, 9.17) is 16.3 Å². The largest absolute Gasteiger partial charge is 0.491 e. The molecule has 0 saturated carbocycles. The SMILES string of the molecule is Cl.Clc1ccc(OCC2CCCNC2)c2ncccc12. The molecule has 1 fully saturated rings. The van der Waals surface area contributed by atoms with Crippen LogP contribution in [0.4, 0.5) is 0 Å². The molecule has 5 heteroatoms. The maximum atomic E-state index is 6.17. The van der Waals surface area contributed by atoms with Gasteiger partial charge in [-0.05, 0) is 43.7 Å². The second kappa shape index (κ2) is 7.11. The van der Waals surface area contributed by atoms with Crippen molar-refractivity contribution in [1.29, 1.82) is 0 Å². The van der Waals surface area contributed by atoms with Gasteiger partial charge in [0.25, 0.3) is 0 Å². The summed E-state index contributed by atoms with van der Waals surface area (Å²) >= 11 is 6.17. The second-order valence-corrected chi connectivity index (χ2v) is 5.38. The summed E-state index contributed by atoms with van der Waals surface area (Å²) in [4.78, 5) is 4.38. The van der Waals surface area contributed by atoms with Gasteiger partial charge in [-0.2, -0.15) is 0 Å². The van der Waals surface area contributed by atoms with Crippen molar-refractivity contribution >= 4 is 34.9 Å². The Labute approximate surface area is 130 Å². The summed E-state index contributed by atoms with van der Waals surface area (Å²) in [7, 11) is 0. The van der Waals surface area contributed by atoms with Gasteiger partial charge in [-0.15, -0.1) is 12.4 Å². The van der Waals surface area contributed by atoms with E-state index >= 15 is 0 Å². The fourth-order valence-electron chi connectivity index (χ4n) is 2.50. The summed E-state index contributed by atoms with van der Waals surface area (Å²) in [5.74, 6) is 1.41. The summed E-state index contributed by atoms with van der Waals surface area (Å²) in [5, 5.41) is 5.07. The number of pyridine rings is 1. The van der Waals surface area contributed by atoms with Crippen molar-refractivity contribution in [1.82, 2.24) is 10.3 Å². The molecule has 0 aliphatic carbocycles. The van der Waals surface area contributed by atoms with Gasteiger partial charge in [-0.1, -0.05) is 11.6 Å². The molecule has 0 radical (unpaired) electrons. The molecule has 2 heterocycles. The quantitative estimate of drug-likeness (QED) is 0.938. The summed E-state index contributed by atoms with van der Waals surface area (Å²) in [6.07, 6.45) is 4.23. The summed E-state index contributed by atoms with van der Waals surface area (Å²) < 4.78 is 5.95. The van der Waals surface area contributed by atoms with Gasteiger partial charge in [0.2, 0.25) is 0 Å². The Balaban J connectivity index is 0.00000147. The maximum absolute atomic E-state index is 6.17. The van der Waals surface area contributed by atoms with E-state index in [0.717, 1.165) is 41.4 Å². The van der Waals surface area contributed by atoms with Gasteiger partial charge in [0, 0.05) is 24.0 Å². The molecular weight excluding hydrogens is 295 g/mol.